The highest BCUT2D eigenvalue weighted by atomic mass is 32.2. The van der Waals surface area contributed by atoms with Gasteiger partial charge in [0.15, 0.2) is 0 Å². The Labute approximate surface area is 102 Å². The average molecular weight is 285 g/mol. The Bertz CT molecular complexity index is 496. The van der Waals surface area contributed by atoms with E-state index in [-0.39, 0.29) is 11.4 Å². The van der Waals surface area contributed by atoms with Crippen LogP contribution in [-0.4, -0.2) is 32.0 Å². The molecule has 0 aliphatic rings. The summed E-state index contributed by atoms with van der Waals surface area (Å²) < 4.78 is 73.4. The molecule has 0 amide bonds. The van der Waals surface area contributed by atoms with Gasteiger partial charge >= 0.3 is 6.18 Å². The predicted octanol–water partition coefficient (Wildman–Crippen LogP) is 2.40. The van der Waals surface area contributed by atoms with Crippen LogP contribution in [0.1, 0.15) is 6.92 Å². The summed E-state index contributed by atoms with van der Waals surface area (Å²) in [6, 6.07) is 3.63. The van der Waals surface area contributed by atoms with Crippen molar-refractivity contribution in [3.05, 3.63) is 30.1 Å². The molecule has 0 aromatic heterocycles. The van der Waals surface area contributed by atoms with E-state index in [2.05, 4.69) is 0 Å². The standard InChI is InChI=1S/C10H11F4NO2S/c1-2-15(7-10(12,13)14)18(16,17)9-5-3-8(11)4-6-9/h3-6H,2,7H2,1H3. The van der Waals surface area contributed by atoms with Crippen LogP contribution in [0.25, 0.3) is 0 Å². The van der Waals surface area contributed by atoms with Crippen molar-refractivity contribution >= 4 is 10.0 Å². The second kappa shape index (κ2) is 5.23. The zero-order valence-electron chi connectivity index (χ0n) is 9.41. The summed E-state index contributed by atoms with van der Waals surface area (Å²) >= 11 is 0. The van der Waals surface area contributed by atoms with Crippen molar-refractivity contribution in [2.45, 2.75) is 18.0 Å². The van der Waals surface area contributed by atoms with Crippen LogP contribution in [0.15, 0.2) is 29.2 Å². The molecule has 0 saturated carbocycles. The summed E-state index contributed by atoms with van der Waals surface area (Å²) in [7, 11) is -4.25. The number of hydrogen-bond acceptors (Lipinski definition) is 2. The summed E-state index contributed by atoms with van der Waals surface area (Å²) in [6.07, 6.45) is -4.62. The Morgan fingerprint density at radius 3 is 2.06 bits per heavy atom. The lowest BCUT2D eigenvalue weighted by Gasteiger charge is -2.21. The van der Waals surface area contributed by atoms with E-state index in [1.165, 1.54) is 6.92 Å². The molecule has 0 aliphatic carbocycles. The maximum absolute atomic E-state index is 12.6. The van der Waals surface area contributed by atoms with Gasteiger partial charge in [-0.2, -0.15) is 17.5 Å². The van der Waals surface area contributed by atoms with Crippen LogP contribution < -0.4 is 0 Å². The van der Waals surface area contributed by atoms with E-state index in [1.807, 2.05) is 0 Å². The molecule has 0 heterocycles. The zero-order valence-corrected chi connectivity index (χ0v) is 10.2. The fourth-order valence-corrected chi connectivity index (χ4v) is 2.76. The smallest absolute Gasteiger partial charge is 0.207 e. The largest absolute Gasteiger partial charge is 0.402 e. The molecule has 8 heteroatoms. The van der Waals surface area contributed by atoms with Crippen LogP contribution in [0.2, 0.25) is 0 Å². The van der Waals surface area contributed by atoms with Crippen LogP contribution in [0.3, 0.4) is 0 Å². The van der Waals surface area contributed by atoms with Crippen molar-refractivity contribution < 1.29 is 26.0 Å². The topological polar surface area (TPSA) is 37.4 Å². The van der Waals surface area contributed by atoms with Crippen LogP contribution in [-0.2, 0) is 10.0 Å². The third-order valence-electron chi connectivity index (χ3n) is 2.16. The van der Waals surface area contributed by atoms with Gasteiger partial charge in [0.2, 0.25) is 10.0 Å². The van der Waals surface area contributed by atoms with Gasteiger partial charge in [0.25, 0.3) is 0 Å². The third kappa shape index (κ3) is 3.67. The van der Waals surface area contributed by atoms with Crippen molar-refractivity contribution in [2.75, 3.05) is 13.1 Å². The molecule has 0 spiro atoms. The molecule has 0 unspecified atom stereocenters. The number of sulfonamides is 1. The number of halogens is 4. The highest BCUT2D eigenvalue weighted by Gasteiger charge is 2.36. The lowest BCUT2D eigenvalue weighted by molar-refractivity contribution is -0.135. The van der Waals surface area contributed by atoms with Crippen LogP contribution >= 0.6 is 0 Å². The van der Waals surface area contributed by atoms with Crippen LogP contribution in [0.4, 0.5) is 17.6 Å². The molecule has 1 aromatic carbocycles. The van der Waals surface area contributed by atoms with Gasteiger partial charge in [0.1, 0.15) is 12.4 Å². The molecule has 102 valence electrons. The first kappa shape index (κ1) is 14.9. The highest BCUT2D eigenvalue weighted by molar-refractivity contribution is 7.89. The van der Waals surface area contributed by atoms with E-state index in [9.17, 15) is 26.0 Å². The van der Waals surface area contributed by atoms with Gasteiger partial charge < -0.3 is 0 Å². The van der Waals surface area contributed by atoms with Gasteiger partial charge in [0, 0.05) is 6.54 Å². The summed E-state index contributed by atoms with van der Waals surface area (Å²) in [4.78, 5) is -0.366. The van der Waals surface area contributed by atoms with Gasteiger partial charge in [-0.3, -0.25) is 0 Å². The van der Waals surface area contributed by atoms with E-state index >= 15 is 0 Å². The predicted molar refractivity (Wildman–Crippen MR) is 56.9 cm³/mol. The Morgan fingerprint density at radius 1 is 1.17 bits per heavy atom. The molecule has 0 saturated heterocycles. The van der Waals surface area contributed by atoms with E-state index in [1.54, 1.807) is 0 Å². The van der Waals surface area contributed by atoms with Gasteiger partial charge in [-0.1, -0.05) is 6.92 Å². The first-order valence-electron chi connectivity index (χ1n) is 4.99. The maximum atomic E-state index is 12.6. The summed E-state index contributed by atoms with van der Waals surface area (Å²) in [5, 5.41) is 0. The first-order valence-corrected chi connectivity index (χ1v) is 6.43. The Morgan fingerprint density at radius 2 is 1.67 bits per heavy atom. The Hall–Kier alpha value is -1.15. The minimum atomic E-state index is -4.62. The number of nitrogens with zero attached hydrogens (tertiary/aromatic N) is 1. The van der Waals surface area contributed by atoms with E-state index in [0.717, 1.165) is 24.3 Å². The normalized spacial score (nSPS) is 13.0. The minimum Gasteiger partial charge on any atom is -0.207 e. The molecule has 0 N–H and O–H groups in total. The molecule has 0 aliphatic heterocycles. The van der Waals surface area contributed by atoms with Crippen molar-refractivity contribution in [3.8, 4) is 0 Å². The van der Waals surface area contributed by atoms with Crippen molar-refractivity contribution in [1.82, 2.24) is 4.31 Å². The highest BCUT2D eigenvalue weighted by Crippen LogP contribution is 2.22. The minimum absolute atomic E-state index is 0.292. The maximum Gasteiger partial charge on any atom is 0.402 e. The lowest BCUT2D eigenvalue weighted by Crippen LogP contribution is -2.38. The van der Waals surface area contributed by atoms with Crippen LogP contribution in [0.5, 0.6) is 0 Å². The zero-order chi connectivity index (χ0) is 14.0. The number of alkyl halides is 3. The molecule has 0 fully saturated rings. The second-order valence-electron chi connectivity index (χ2n) is 3.50. The molecule has 0 radical (unpaired) electrons. The first-order chi connectivity index (χ1) is 8.16. The molecular formula is C10H11F4NO2S. The Kier molecular flexibility index (Phi) is 4.33. The van der Waals surface area contributed by atoms with Gasteiger partial charge in [-0.25, -0.2) is 12.8 Å². The van der Waals surface area contributed by atoms with Gasteiger partial charge in [-0.05, 0) is 24.3 Å². The quantitative estimate of drug-likeness (QED) is 0.797. The SMILES string of the molecule is CCN(CC(F)(F)F)S(=O)(=O)c1ccc(F)cc1. The van der Waals surface area contributed by atoms with Crippen molar-refractivity contribution in [3.63, 3.8) is 0 Å². The van der Waals surface area contributed by atoms with Crippen molar-refractivity contribution in [2.24, 2.45) is 0 Å². The van der Waals surface area contributed by atoms with E-state index in [0.29, 0.717) is 4.31 Å². The monoisotopic (exact) mass is 285 g/mol. The molecule has 1 aromatic rings. The molecule has 0 atom stereocenters. The summed E-state index contributed by atoms with van der Waals surface area (Å²) in [5.74, 6) is -0.659. The number of hydrogen-bond donors (Lipinski definition) is 0. The summed E-state index contributed by atoms with van der Waals surface area (Å²) in [6.45, 7) is -0.588. The van der Waals surface area contributed by atoms with Crippen molar-refractivity contribution in [1.29, 1.82) is 0 Å². The molecule has 18 heavy (non-hydrogen) atoms. The molecule has 1 rings (SSSR count). The summed E-state index contributed by atoms with van der Waals surface area (Å²) in [5.41, 5.74) is 0. The van der Waals surface area contributed by atoms with Gasteiger partial charge in [0.05, 0.1) is 4.90 Å². The van der Waals surface area contributed by atoms with E-state index < -0.39 is 28.6 Å². The van der Waals surface area contributed by atoms with Crippen LogP contribution in [0, 0.1) is 5.82 Å². The average Bonchev–Trinajstić information content (AvgIpc) is 2.25. The molecule has 3 nitrogen and oxygen atoms in total. The third-order valence-corrected chi connectivity index (χ3v) is 4.09. The van der Waals surface area contributed by atoms with Gasteiger partial charge in [-0.15, -0.1) is 0 Å². The second-order valence-corrected chi connectivity index (χ2v) is 5.44. The lowest BCUT2D eigenvalue weighted by atomic mass is 10.4. The molecular weight excluding hydrogens is 274 g/mol. The Balaban J connectivity index is 3.07. The number of benzene rings is 1. The molecule has 0 bridgehead atoms. The fraction of sp³-hybridized carbons (Fsp3) is 0.400. The number of rotatable bonds is 4. The fourth-order valence-electron chi connectivity index (χ4n) is 1.32. The van der Waals surface area contributed by atoms with E-state index in [4.69, 9.17) is 0 Å².